The average molecular weight is 314 g/mol. The first-order valence-electron chi connectivity index (χ1n) is 7.21. The summed E-state index contributed by atoms with van der Waals surface area (Å²) in [6, 6.07) is 3.55. The van der Waals surface area contributed by atoms with Gasteiger partial charge in [0.05, 0.1) is 11.1 Å². The minimum atomic E-state index is -0.695. The third-order valence-corrected chi connectivity index (χ3v) is 4.69. The average Bonchev–Trinajstić information content (AvgIpc) is 2.54. The van der Waals surface area contributed by atoms with Crippen LogP contribution in [0.4, 0.5) is 0 Å². The van der Waals surface area contributed by atoms with Crippen LogP contribution in [-0.4, -0.2) is 38.1 Å². The third kappa shape index (κ3) is 2.71. The van der Waals surface area contributed by atoms with E-state index in [1.807, 2.05) is 0 Å². The SMILES string of the molecule is NCC1(C(O)c2cc(Cl)c3c(c2)OCCO3)CCOCC1. The Morgan fingerprint density at radius 2 is 1.90 bits per heavy atom. The zero-order valence-corrected chi connectivity index (χ0v) is 12.6. The standard InChI is InChI=1S/C15H20ClNO4/c16-11-7-10(8-12-13(11)21-6-5-20-12)14(18)15(9-17)1-3-19-4-2-15/h7-8,14,18H,1-6,9,17H2. The van der Waals surface area contributed by atoms with Crippen LogP contribution < -0.4 is 15.2 Å². The molecule has 21 heavy (non-hydrogen) atoms. The molecule has 0 amide bonds. The second-order valence-corrected chi connectivity index (χ2v) is 6.02. The van der Waals surface area contributed by atoms with E-state index < -0.39 is 6.10 Å². The van der Waals surface area contributed by atoms with E-state index in [4.69, 9.17) is 31.5 Å². The molecule has 3 N–H and O–H groups in total. The largest absolute Gasteiger partial charge is 0.486 e. The summed E-state index contributed by atoms with van der Waals surface area (Å²) in [5, 5.41) is 11.3. The first-order chi connectivity index (χ1) is 10.2. The Kier molecular flexibility index (Phi) is 4.26. The molecule has 1 saturated heterocycles. The molecule has 1 aromatic rings. The lowest BCUT2D eigenvalue weighted by atomic mass is 9.73. The first-order valence-corrected chi connectivity index (χ1v) is 7.59. The summed E-state index contributed by atoms with van der Waals surface area (Å²) in [5.74, 6) is 1.13. The van der Waals surface area contributed by atoms with Gasteiger partial charge >= 0.3 is 0 Å². The van der Waals surface area contributed by atoms with Gasteiger partial charge in [-0.25, -0.2) is 0 Å². The van der Waals surface area contributed by atoms with E-state index >= 15 is 0 Å². The van der Waals surface area contributed by atoms with Gasteiger partial charge in [-0.3, -0.25) is 0 Å². The number of aliphatic hydroxyl groups is 1. The second-order valence-electron chi connectivity index (χ2n) is 5.61. The van der Waals surface area contributed by atoms with Crippen molar-refractivity contribution >= 4 is 11.6 Å². The van der Waals surface area contributed by atoms with Crippen LogP contribution in [0.15, 0.2) is 12.1 Å². The van der Waals surface area contributed by atoms with Crippen LogP contribution in [0.3, 0.4) is 0 Å². The fraction of sp³-hybridized carbons (Fsp3) is 0.600. The Morgan fingerprint density at radius 3 is 2.62 bits per heavy atom. The number of halogens is 1. The van der Waals surface area contributed by atoms with Gasteiger partial charge in [0.15, 0.2) is 11.5 Å². The molecule has 1 unspecified atom stereocenters. The van der Waals surface area contributed by atoms with E-state index in [0.29, 0.717) is 49.5 Å². The van der Waals surface area contributed by atoms with Crippen LogP contribution in [-0.2, 0) is 4.74 Å². The summed E-state index contributed by atoms with van der Waals surface area (Å²) >= 11 is 6.25. The third-order valence-electron chi connectivity index (χ3n) is 4.41. The number of ether oxygens (including phenoxy) is 3. The normalized spacial score (nSPS) is 21.9. The zero-order chi connectivity index (χ0) is 14.9. The van der Waals surface area contributed by atoms with E-state index in [-0.39, 0.29) is 5.41 Å². The quantitative estimate of drug-likeness (QED) is 0.891. The Bertz CT molecular complexity index is 517. The molecule has 1 atom stereocenters. The molecule has 116 valence electrons. The van der Waals surface area contributed by atoms with Crippen LogP contribution in [0.2, 0.25) is 5.02 Å². The summed E-state index contributed by atoms with van der Waals surface area (Å²) in [6.07, 6.45) is 0.771. The van der Waals surface area contributed by atoms with Gasteiger partial charge in [-0.05, 0) is 30.5 Å². The fourth-order valence-corrected chi connectivity index (χ4v) is 3.28. The van der Waals surface area contributed by atoms with E-state index in [1.165, 1.54) is 0 Å². The number of hydrogen-bond donors (Lipinski definition) is 2. The fourth-order valence-electron chi connectivity index (χ4n) is 3.01. The van der Waals surface area contributed by atoms with Gasteiger partial charge in [0.25, 0.3) is 0 Å². The number of rotatable bonds is 3. The Labute approximate surface area is 128 Å². The molecule has 0 aliphatic carbocycles. The van der Waals surface area contributed by atoms with Gasteiger partial charge in [-0.15, -0.1) is 0 Å². The van der Waals surface area contributed by atoms with Crippen molar-refractivity contribution in [3.63, 3.8) is 0 Å². The molecule has 2 aliphatic heterocycles. The summed E-state index contributed by atoms with van der Waals surface area (Å²) in [4.78, 5) is 0. The summed E-state index contributed by atoms with van der Waals surface area (Å²) < 4.78 is 16.5. The molecular formula is C15H20ClNO4. The Morgan fingerprint density at radius 1 is 1.19 bits per heavy atom. The van der Waals surface area contributed by atoms with E-state index in [9.17, 15) is 5.11 Å². The predicted molar refractivity (Wildman–Crippen MR) is 78.9 cm³/mol. The zero-order valence-electron chi connectivity index (χ0n) is 11.8. The molecule has 2 heterocycles. The number of benzene rings is 1. The number of fused-ring (bicyclic) bond motifs is 1. The molecule has 0 saturated carbocycles. The van der Waals surface area contributed by atoms with Gasteiger partial charge in [0.2, 0.25) is 0 Å². The maximum absolute atomic E-state index is 10.8. The van der Waals surface area contributed by atoms with Crippen molar-refractivity contribution < 1.29 is 19.3 Å². The van der Waals surface area contributed by atoms with Gasteiger partial charge in [0, 0.05) is 25.2 Å². The van der Waals surface area contributed by atoms with Crippen LogP contribution in [0, 0.1) is 5.41 Å². The monoisotopic (exact) mass is 313 g/mol. The van der Waals surface area contributed by atoms with Crippen molar-refractivity contribution in [2.75, 3.05) is 33.0 Å². The summed E-state index contributed by atoms with van der Waals surface area (Å²) in [6.45, 7) is 2.61. The highest BCUT2D eigenvalue weighted by atomic mass is 35.5. The number of aliphatic hydroxyl groups excluding tert-OH is 1. The van der Waals surface area contributed by atoms with Crippen molar-refractivity contribution in [1.82, 2.24) is 0 Å². The highest BCUT2D eigenvalue weighted by Gasteiger charge is 2.39. The lowest BCUT2D eigenvalue weighted by Crippen LogP contribution is -2.41. The summed E-state index contributed by atoms with van der Waals surface area (Å²) in [7, 11) is 0. The number of nitrogens with two attached hydrogens (primary N) is 1. The van der Waals surface area contributed by atoms with Crippen LogP contribution in [0.25, 0.3) is 0 Å². The highest BCUT2D eigenvalue weighted by Crippen LogP contribution is 2.46. The molecule has 1 aromatic carbocycles. The molecule has 0 bridgehead atoms. The maximum Gasteiger partial charge on any atom is 0.179 e. The predicted octanol–water partition coefficient (Wildman–Crippen LogP) is 1.90. The van der Waals surface area contributed by atoms with Crippen LogP contribution in [0.1, 0.15) is 24.5 Å². The molecule has 1 fully saturated rings. The lowest BCUT2D eigenvalue weighted by molar-refractivity contribution is -0.0582. The van der Waals surface area contributed by atoms with E-state index in [1.54, 1.807) is 12.1 Å². The smallest absolute Gasteiger partial charge is 0.179 e. The van der Waals surface area contributed by atoms with Crippen molar-refractivity contribution in [3.05, 3.63) is 22.7 Å². The molecule has 6 heteroatoms. The topological polar surface area (TPSA) is 73.9 Å². The van der Waals surface area contributed by atoms with Gasteiger partial charge < -0.3 is 25.1 Å². The van der Waals surface area contributed by atoms with E-state index in [0.717, 1.165) is 18.4 Å². The molecule has 3 rings (SSSR count). The van der Waals surface area contributed by atoms with Crippen LogP contribution >= 0.6 is 11.6 Å². The highest BCUT2D eigenvalue weighted by molar-refractivity contribution is 6.32. The van der Waals surface area contributed by atoms with Crippen molar-refractivity contribution in [2.45, 2.75) is 18.9 Å². The van der Waals surface area contributed by atoms with E-state index in [2.05, 4.69) is 0 Å². The molecule has 2 aliphatic rings. The Hall–Kier alpha value is -1.01. The van der Waals surface area contributed by atoms with Gasteiger partial charge in [0.1, 0.15) is 13.2 Å². The molecule has 5 nitrogen and oxygen atoms in total. The first kappa shape index (κ1) is 14.9. The molecular weight excluding hydrogens is 294 g/mol. The van der Waals surface area contributed by atoms with Crippen molar-refractivity contribution in [2.24, 2.45) is 11.1 Å². The number of hydrogen-bond acceptors (Lipinski definition) is 5. The summed E-state index contributed by atoms with van der Waals surface area (Å²) in [5.41, 5.74) is 6.30. The molecule has 0 spiro atoms. The minimum absolute atomic E-state index is 0.370. The Balaban J connectivity index is 1.93. The second kappa shape index (κ2) is 6.01. The maximum atomic E-state index is 10.8. The van der Waals surface area contributed by atoms with Crippen molar-refractivity contribution in [3.8, 4) is 11.5 Å². The molecule has 0 radical (unpaired) electrons. The van der Waals surface area contributed by atoms with Crippen LogP contribution in [0.5, 0.6) is 11.5 Å². The molecule has 0 aromatic heterocycles. The van der Waals surface area contributed by atoms with Gasteiger partial charge in [-0.1, -0.05) is 11.6 Å². The lowest BCUT2D eigenvalue weighted by Gasteiger charge is -2.40. The van der Waals surface area contributed by atoms with Crippen molar-refractivity contribution in [1.29, 1.82) is 0 Å². The minimum Gasteiger partial charge on any atom is -0.486 e. The van der Waals surface area contributed by atoms with Gasteiger partial charge in [-0.2, -0.15) is 0 Å².